The molecule has 3 aliphatic rings. The second-order valence-corrected chi connectivity index (χ2v) is 9.83. The zero-order valence-electron chi connectivity index (χ0n) is 20.3. The highest BCUT2D eigenvalue weighted by Crippen LogP contribution is 2.40. The number of pyridine rings is 1. The summed E-state index contributed by atoms with van der Waals surface area (Å²) in [6.07, 6.45) is 8.10. The summed E-state index contributed by atoms with van der Waals surface area (Å²) in [6, 6.07) is 11.1. The van der Waals surface area contributed by atoms with Crippen LogP contribution in [0, 0.1) is 11.7 Å². The fourth-order valence-electron chi connectivity index (χ4n) is 5.41. The molecule has 3 atom stereocenters. The van der Waals surface area contributed by atoms with E-state index in [1.165, 1.54) is 48.6 Å². The second-order valence-electron chi connectivity index (χ2n) is 9.83. The summed E-state index contributed by atoms with van der Waals surface area (Å²) in [5.74, 6) is 0.676. The number of ether oxygens (including phenoxy) is 2. The standard InChI is InChI=1S/C27H30FN5O3/c1-32-24(34)14-22(20-10-11-29-15-21(20)28)31-27(32)33-12-13-35-23(16-33)17-6-8-19(9-7-17)30-26-25(36-26)18-4-2-3-5-18/h6-11,14-15,18,23,25-26,30H,2-5,12-13,16H2,1H3/t23-,25?,26?/m1/s1. The van der Waals surface area contributed by atoms with Crippen molar-refractivity contribution in [1.82, 2.24) is 14.5 Å². The molecule has 36 heavy (non-hydrogen) atoms. The van der Waals surface area contributed by atoms with E-state index in [1.807, 2.05) is 4.90 Å². The van der Waals surface area contributed by atoms with Gasteiger partial charge in [0.25, 0.3) is 5.56 Å². The number of nitrogens with zero attached hydrogens (tertiary/aromatic N) is 4. The normalized spacial score (nSPS) is 24.2. The molecule has 2 aromatic heterocycles. The molecule has 1 aliphatic carbocycles. The third kappa shape index (κ3) is 4.60. The Kier molecular flexibility index (Phi) is 6.18. The van der Waals surface area contributed by atoms with E-state index >= 15 is 0 Å². The minimum Gasteiger partial charge on any atom is -0.370 e. The molecule has 1 aromatic carbocycles. The van der Waals surface area contributed by atoms with Crippen molar-refractivity contribution in [2.45, 2.75) is 44.1 Å². The van der Waals surface area contributed by atoms with Crippen LogP contribution in [-0.2, 0) is 16.5 Å². The molecule has 2 unspecified atom stereocenters. The first-order valence-corrected chi connectivity index (χ1v) is 12.6. The molecular formula is C27H30FN5O3. The van der Waals surface area contributed by atoms with Gasteiger partial charge in [-0.15, -0.1) is 0 Å². The van der Waals surface area contributed by atoms with Gasteiger partial charge in [-0.25, -0.2) is 9.37 Å². The molecule has 3 fully saturated rings. The van der Waals surface area contributed by atoms with Crippen LogP contribution in [0.15, 0.2) is 53.6 Å². The van der Waals surface area contributed by atoms with E-state index < -0.39 is 5.82 Å². The van der Waals surface area contributed by atoms with Crippen LogP contribution in [0.3, 0.4) is 0 Å². The van der Waals surface area contributed by atoms with Crippen molar-refractivity contribution in [2.24, 2.45) is 13.0 Å². The summed E-state index contributed by atoms with van der Waals surface area (Å²) in [7, 11) is 1.68. The Balaban J connectivity index is 1.16. The van der Waals surface area contributed by atoms with E-state index in [2.05, 4.69) is 39.6 Å². The number of rotatable bonds is 6. The summed E-state index contributed by atoms with van der Waals surface area (Å²) in [5.41, 5.74) is 2.39. The van der Waals surface area contributed by atoms with Gasteiger partial charge in [-0.3, -0.25) is 14.3 Å². The number of hydrogen-bond acceptors (Lipinski definition) is 7. The van der Waals surface area contributed by atoms with Crippen molar-refractivity contribution in [1.29, 1.82) is 0 Å². The van der Waals surface area contributed by atoms with E-state index in [0.717, 1.165) is 17.4 Å². The van der Waals surface area contributed by atoms with Crippen LogP contribution in [0.1, 0.15) is 37.4 Å². The number of epoxide rings is 1. The van der Waals surface area contributed by atoms with Gasteiger partial charge in [0, 0.05) is 37.1 Å². The topological polar surface area (TPSA) is 84.8 Å². The second kappa shape index (κ2) is 9.63. The Hall–Kier alpha value is -3.30. The predicted molar refractivity (Wildman–Crippen MR) is 134 cm³/mol. The molecule has 2 aliphatic heterocycles. The van der Waals surface area contributed by atoms with E-state index in [-0.39, 0.29) is 23.5 Å². The van der Waals surface area contributed by atoms with Crippen LogP contribution >= 0.6 is 0 Å². The summed E-state index contributed by atoms with van der Waals surface area (Å²) in [5, 5.41) is 3.49. The summed E-state index contributed by atoms with van der Waals surface area (Å²) < 4.78 is 27.8. The minimum atomic E-state index is -0.510. The van der Waals surface area contributed by atoms with Crippen molar-refractivity contribution < 1.29 is 13.9 Å². The molecule has 0 radical (unpaired) electrons. The highest BCUT2D eigenvalue weighted by Gasteiger charge is 2.45. The zero-order valence-corrected chi connectivity index (χ0v) is 20.3. The maximum Gasteiger partial charge on any atom is 0.255 e. The molecule has 0 spiro atoms. The number of morpholine rings is 1. The maximum absolute atomic E-state index is 14.3. The van der Waals surface area contributed by atoms with E-state index in [9.17, 15) is 9.18 Å². The van der Waals surface area contributed by atoms with Gasteiger partial charge in [0.15, 0.2) is 12.0 Å². The zero-order chi connectivity index (χ0) is 24.6. The molecule has 0 bridgehead atoms. The number of benzene rings is 1. The Morgan fingerprint density at radius 1 is 1.14 bits per heavy atom. The van der Waals surface area contributed by atoms with E-state index in [0.29, 0.717) is 43.4 Å². The van der Waals surface area contributed by atoms with Crippen LogP contribution in [-0.4, -0.2) is 46.6 Å². The fraction of sp³-hybridized carbons (Fsp3) is 0.444. The van der Waals surface area contributed by atoms with Crippen molar-refractivity contribution in [3.05, 3.63) is 70.5 Å². The largest absolute Gasteiger partial charge is 0.370 e. The lowest BCUT2D eigenvalue weighted by Gasteiger charge is -2.34. The molecule has 6 rings (SSSR count). The molecule has 3 aromatic rings. The van der Waals surface area contributed by atoms with Gasteiger partial charge in [0.2, 0.25) is 5.95 Å². The number of anilines is 2. The Morgan fingerprint density at radius 3 is 2.72 bits per heavy atom. The summed E-state index contributed by atoms with van der Waals surface area (Å²) >= 11 is 0. The van der Waals surface area contributed by atoms with E-state index in [4.69, 9.17) is 9.47 Å². The lowest BCUT2D eigenvalue weighted by atomic mass is 10.0. The fourth-order valence-corrected chi connectivity index (χ4v) is 5.41. The van der Waals surface area contributed by atoms with Gasteiger partial charge >= 0.3 is 0 Å². The number of nitrogens with one attached hydrogen (secondary N) is 1. The number of halogens is 1. The molecular weight excluding hydrogens is 461 g/mol. The van der Waals surface area contributed by atoms with Crippen LogP contribution in [0.2, 0.25) is 0 Å². The van der Waals surface area contributed by atoms with Crippen molar-refractivity contribution >= 4 is 11.6 Å². The Bertz CT molecular complexity index is 1290. The monoisotopic (exact) mass is 491 g/mol. The predicted octanol–water partition coefficient (Wildman–Crippen LogP) is 3.89. The molecule has 1 N–H and O–H groups in total. The third-order valence-electron chi connectivity index (χ3n) is 7.49. The number of hydrogen-bond donors (Lipinski definition) is 1. The highest BCUT2D eigenvalue weighted by atomic mass is 19.1. The molecule has 1 saturated carbocycles. The van der Waals surface area contributed by atoms with Gasteiger partial charge in [0.05, 0.1) is 25.0 Å². The summed E-state index contributed by atoms with van der Waals surface area (Å²) in [4.78, 5) is 23.1. The number of aromatic nitrogens is 3. The average molecular weight is 492 g/mol. The Morgan fingerprint density at radius 2 is 1.94 bits per heavy atom. The lowest BCUT2D eigenvalue weighted by molar-refractivity contribution is 0.0390. The molecule has 2 saturated heterocycles. The van der Waals surface area contributed by atoms with Crippen molar-refractivity contribution in [3.63, 3.8) is 0 Å². The SMILES string of the molecule is Cn1c(N2CCO[C@@H](c3ccc(NC4OC4C4CCCC4)cc3)C2)nc(-c2ccncc2F)cc1=O. The van der Waals surface area contributed by atoms with Gasteiger partial charge in [-0.05, 0) is 42.5 Å². The Labute approximate surface area is 209 Å². The van der Waals surface area contributed by atoms with Crippen LogP contribution < -0.4 is 15.8 Å². The first-order chi connectivity index (χ1) is 17.6. The molecule has 8 nitrogen and oxygen atoms in total. The summed E-state index contributed by atoms with van der Waals surface area (Å²) in [6.45, 7) is 1.61. The van der Waals surface area contributed by atoms with Crippen molar-refractivity contribution in [2.75, 3.05) is 29.9 Å². The van der Waals surface area contributed by atoms with Crippen LogP contribution in [0.25, 0.3) is 11.3 Å². The molecule has 9 heteroatoms. The first-order valence-electron chi connectivity index (χ1n) is 12.6. The van der Waals surface area contributed by atoms with Gasteiger partial charge in [0.1, 0.15) is 12.2 Å². The first kappa shape index (κ1) is 23.1. The molecule has 4 heterocycles. The quantitative estimate of drug-likeness (QED) is 0.524. The van der Waals surface area contributed by atoms with Crippen molar-refractivity contribution in [3.8, 4) is 11.3 Å². The molecule has 0 amide bonds. The lowest BCUT2D eigenvalue weighted by Crippen LogP contribution is -2.41. The average Bonchev–Trinajstić information content (AvgIpc) is 3.43. The minimum absolute atomic E-state index is 0.116. The smallest absolute Gasteiger partial charge is 0.255 e. The van der Waals surface area contributed by atoms with E-state index in [1.54, 1.807) is 7.05 Å². The van der Waals surface area contributed by atoms with Crippen LogP contribution in [0.4, 0.5) is 16.0 Å². The molecule has 188 valence electrons. The third-order valence-corrected chi connectivity index (χ3v) is 7.49. The van der Waals surface area contributed by atoms with Gasteiger partial charge in [-0.2, -0.15) is 0 Å². The maximum atomic E-state index is 14.3. The van der Waals surface area contributed by atoms with Gasteiger partial charge in [-0.1, -0.05) is 25.0 Å². The van der Waals surface area contributed by atoms with Gasteiger partial charge < -0.3 is 19.7 Å². The van der Waals surface area contributed by atoms with Crippen LogP contribution in [0.5, 0.6) is 0 Å². The highest BCUT2D eigenvalue weighted by molar-refractivity contribution is 5.60.